The van der Waals surface area contributed by atoms with E-state index >= 15 is 0 Å². The van der Waals surface area contributed by atoms with Gasteiger partial charge in [0, 0.05) is 6.42 Å². The van der Waals surface area contributed by atoms with Crippen LogP contribution in [0.15, 0.2) is 0 Å². The fraction of sp³-hybridized carbons (Fsp3) is 0.952. The maximum absolute atomic E-state index is 12.2. The van der Waals surface area contributed by atoms with Crippen LogP contribution in [0.25, 0.3) is 0 Å². The Morgan fingerprint density at radius 2 is 1.60 bits per heavy atom. The number of nitrogens with one attached hydrogen (secondary N) is 1. The van der Waals surface area contributed by atoms with Crippen LogP contribution < -0.4 is 5.32 Å². The largest absolute Gasteiger partial charge is 0.472 e. The molecule has 0 aliphatic rings. The van der Waals surface area contributed by atoms with E-state index in [9.17, 15) is 19.4 Å². The third-order valence-electron chi connectivity index (χ3n) is 4.86. The Morgan fingerprint density at radius 3 is 2.20 bits per heavy atom. The molecule has 3 N–H and O–H groups in total. The van der Waals surface area contributed by atoms with Gasteiger partial charge in [0.15, 0.2) is 0 Å². The Hall–Kier alpha value is -0.500. The number of carbonyl (C=O) groups excluding carboxylic acids is 1. The number of likely N-dealkylation sites (N-methyl/N-ethyl adjacent to an activating group) is 1. The first-order valence-corrected chi connectivity index (χ1v) is 12.9. The van der Waals surface area contributed by atoms with Crippen molar-refractivity contribution in [3.8, 4) is 0 Å². The third kappa shape index (κ3) is 17.2. The number of carbonyl (C=O) groups is 1. The van der Waals surface area contributed by atoms with Crippen LogP contribution in [0.5, 0.6) is 0 Å². The van der Waals surface area contributed by atoms with Gasteiger partial charge >= 0.3 is 7.82 Å². The molecule has 3 atom stereocenters. The van der Waals surface area contributed by atoms with Crippen molar-refractivity contribution >= 4 is 13.7 Å². The minimum atomic E-state index is -4.25. The van der Waals surface area contributed by atoms with E-state index in [1.807, 2.05) is 21.1 Å². The Morgan fingerprint density at radius 1 is 1.00 bits per heavy atom. The van der Waals surface area contributed by atoms with Crippen molar-refractivity contribution in [2.45, 2.75) is 90.2 Å². The van der Waals surface area contributed by atoms with E-state index in [1.54, 1.807) is 0 Å². The zero-order valence-corrected chi connectivity index (χ0v) is 20.7. The summed E-state index contributed by atoms with van der Waals surface area (Å²) >= 11 is 0. The van der Waals surface area contributed by atoms with Crippen LogP contribution in [0, 0.1) is 0 Å². The normalized spacial score (nSPS) is 16.1. The number of nitrogens with zero attached hydrogens (tertiary/aromatic N) is 1. The first kappa shape index (κ1) is 29.5. The van der Waals surface area contributed by atoms with Gasteiger partial charge in [-0.05, 0) is 12.8 Å². The molecule has 0 saturated heterocycles. The highest BCUT2D eigenvalue weighted by atomic mass is 31.2. The molecule has 8 nitrogen and oxygen atoms in total. The number of phosphoric acid groups is 1. The molecule has 0 rings (SSSR count). The van der Waals surface area contributed by atoms with Crippen molar-refractivity contribution in [1.29, 1.82) is 0 Å². The number of unbranched alkanes of at least 4 members (excludes halogenated alkanes) is 6. The summed E-state index contributed by atoms with van der Waals surface area (Å²) in [5.41, 5.74) is 0. The maximum Gasteiger partial charge on any atom is 0.472 e. The van der Waals surface area contributed by atoms with E-state index in [2.05, 4.69) is 19.2 Å². The first-order chi connectivity index (χ1) is 14.0. The van der Waals surface area contributed by atoms with Crippen molar-refractivity contribution in [1.82, 2.24) is 5.32 Å². The van der Waals surface area contributed by atoms with Gasteiger partial charge in [0.1, 0.15) is 13.2 Å². The van der Waals surface area contributed by atoms with Crippen molar-refractivity contribution in [3.63, 3.8) is 0 Å². The number of hydrogen-bond donors (Lipinski definition) is 3. The number of quaternary nitrogens is 1. The van der Waals surface area contributed by atoms with Crippen LogP contribution in [0.4, 0.5) is 0 Å². The average molecular weight is 454 g/mol. The lowest BCUT2D eigenvalue weighted by Gasteiger charge is -2.26. The lowest BCUT2D eigenvalue weighted by Crippen LogP contribution is -2.46. The lowest BCUT2D eigenvalue weighted by atomic mass is 10.0. The number of rotatable bonds is 19. The summed E-state index contributed by atoms with van der Waals surface area (Å²) in [5, 5.41) is 13.3. The summed E-state index contributed by atoms with van der Waals surface area (Å²) in [6.45, 7) is 4.56. The molecule has 0 aromatic carbocycles. The molecular formula is C21H46N2O6P+. The second-order valence-corrected chi connectivity index (χ2v) is 10.5. The van der Waals surface area contributed by atoms with Crippen LogP contribution in [0.1, 0.15) is 78.1 Å². The molecule has 0 spiro atoms. The van der Waals surface area contributed by atoms with Crippen molar-refractivity contribution in [2.24, 2.45) is 0 Å². The highest BCUT2D eigenvalue weighted by Crippen LogP contribution is 2.43. The predicted molar refractivity (Wildman–Crippen MR) is 120 cm³/mol. The second-order valence-electron chi connectivity index (χ2n) is 9.01. The lowest BCUT2D eigenvalue weighted by molar-refractivity contribution is -0.870. The quantitative estimate of drug-likeness (QED) is 0.157. The summed E-state index contributed by atoms with van der Waals surface area (Å²) < 4.78 is 22.9. The van der Waals surface area contributed by atoms with Gasteiger partial charge in [-0.1, -0.05) is 58.8 Å². The van der Waals surface area contributed by atoms with Gasteiger partial charge in [-0.25, -0.2) is 4.57 Å². The zero-order valence-electron chi connectivity index (χ0n) is 19.8. The molecule has 0 aliphatic heterocycles. The second kappa shape index (κ2) is 16.2. The summed E-state index contributed by atoms with van der Waals surface area (Å²) in [4.78, 5) is 22.1. The molecule has 1 amide bonds. The molecule has 0 bridgehead atoms. The molecule has 30 heavy (non-hydrogen) atoms. The van der Waals surface area contributed by atoms with E-state index in [4.69, 9.17) is 9.05 Å². The Bertz CT molecular complexity index is 498. The first-order valence-electron chi connectivity index (χ1n) is 11.4. The molecule has 0 radical (unpaired) electrons. The fourth-order valence-corrected chi connectivity index (χ4v) is 3.60. The summed E-state index contributed by atoms with van der Waals surface area (Å²) in [5.74, 6) is -0.180. The molecule has 0 aromatic rings. The number of aliphatic hydroxyl groups excluding tert-OH is 1. The number of hydrogen-bond acceptors (Lipinski definition) is 5. The number of phosphoric ester groups is 1. The molecule has 0 saturated carbocycles. The smallest absolute Gasteiger partial charge is 0.391 e. The molecule has 0 heterocycles. The Labute approximate surface area is 183 Å². The minimum Gasteiger partial charge on any atom is -0.391 e. The fourth-order valence-electron chi connectivity index (χ4n) is 2.86. The molecule has 0 aromatic heterocycles. The van der Waals surface area contributed by atoms with E-state index in [1.165, 1.54) is 0 Å². The summed E-state index contributed by atoms with van der Waals surface area (Å²) in [6.07, 6.45) is 8.04. The minimum absolute atomic E-state index is 0.0747. The summed E-state index contributed by atoms with van der Waals surface area (Å²) in [6, 6.07) is -0.743. The molecule has 0 aliphatic carbocycles. The zero-order chi connectivity index (χ0) is 23.0. The number of aliphatic hydroxyl groups is 1. The molecular weight excluding hydrogens is 407 g/mol. The number of amides is 1. The van der Waals surface area contributed by atoms with E-state index < -0.39 is 20.0 Å². The van der Waals surface area contributed by atoms with E-state index in [-0.39, 0.29) is 19.1 Å². The van der Waals surface area contributed by atoms with E-state index in [0.29, 0.717) is 23.9 Å². The van der Waals surface area contributed by atoms with Crippen molar-refractivity contribution in [2.75, 3.05) is 40.9 Å². The van der Waals surface area contributed by atoms with Gasteiger partial charge in [-0.3, -0.25) is 13.8 Å². The van der Waals surface area contributed by atoms with Crippen LogP contribution in [-0.4, -0.2) is 73.4 Å². The van der Waals surface area contributed by atoms with Gasteiger partial charge in [0.25, 0.3) is 0 Å². The van der Waals surface area contributed by atoms with Crippen LogP contribution >= 0.6 is 7.82 Å². The molecule has 0 fully saturated rings. The van der Waals surface area contributed by atoms with Gasteiger partial charge in [-0.15, -0.1) is 0 Å². The molecule has 9 heteroatoms. The summed E-state index contributed by atoms with van der Waals surface area (Å²) in [7, 11) is 1.60. The SMILES string of the molecule is CCCCCCCC(O)C(COP(=O)(O)OCC[N+](C)(C)C)NC(=O)CCCCC. The highest BCUT2D eigenvalue weighted by molar-refractivity contribution is 7.47. The average Bonchev–Trinajstić information content (AvgIpc) is 2.63. The van der Waals surface area contributed by atoms with Crippen molar-refractivity contribution in [3.05, 3.63) is 0 Å². The third-order valence-corrected chi connectivity index (χ3v) is 5.84. The van der Waals surface area contributed by atoms with E-state index in [0.717, 1.165) is 51.4 Å². The monoisotopic (exact) mass is 453 g/mol. The topological polar surface area (TPSA) is 105 Å². The van der Waals surface area contributed by atoms with Gasteiger partial charge < -0.3 is 19.8 Å². The Kier molecular flexibility index (Phi) is 15.9. The van der Waals surface area contributed by atoms with Gasteiger partial charge in [-0.2, -0.15) is 0 Å². The predicted octanol–water partition coefficient (Wildman–Crippen LogP) is 3.61. The van der Waals surface area contributed by atoms with Crippen LogP contribution in [-0.2, 0) is 18.4 Å². The molecule has 3 unspecified atom stereocenters. The van der Waals surface area contributed by atoms with Crippen LogP contribution in [0.2, 0.25) is 0 Å². The van der Waals surface area contributed by atoms with Crippen molar-refractivity contribution < 1.29 is 32.9 Å². The standard InChI is InChI=1S/C21H45N2O6P/c1-6-8-10-11-13-14-20(24)19(22-21(25)15-12-9-7-2)18-29-30(26,27)28-17-16-23(3,4)5/h19-20,24H,6-18H2,1-5H3,(H-,22,25,26,27)/p+1. The van der Waals surface area contributed by atoms with Crippen LogP contribution in [0.3, 0.4) is 0 Å². The van der Waals surface area contributed by atoms with Gasteiger partial charge in [0.05, 0.1) is 39.9 Å². The maximum atomic E-state index is 12.2. The van der Waals surface area contributed by atoms with Gasteiger partial charge in [0.2, 0.25) is 5.91 Å². The Balaban J connectivity index is 4.68. The molecule has 180 valence electrons. The highest BCUT2D eigenvalue weighted by Gasteiger charge is 2.28.